The molecule has 0 heterocycles. The van der Waals surface area contributed by atoms with E-state index in [1.807, 2.05) is 0 Å². The van der Waals surface area contributed by atoms with Gasteiger partial charge in [0.2, 0.25) is 0 Å². The number of anilines is 1. The fraction of sp³-hybridized carbons (Fsp3) is 0.611. The van der Waals surface area contributed by atoms with Crippen LogP contribution in [0.4, 0.5) is 11.4 Å². The summed E-state index contributed by atoms with van der Waals surface area (Å²) < 4.78 is 0. The number of nitrogens with zero attached hydrogens (tertiary/aromatic N) is 1. The third kappa shape index (κ3) is 3.02. The largest absolute Gasteiger partial charge is 0.334 e. The number of nitrogens with one attached hydrogen (secondary N) is 1. The Morgan fingerprint density at radius 2 is 1.67 bits per heavy atom. The zero-order chi connectivity index (χ0) is 16.7. The number of hydrogen-bond acceptors (Lipinski definition) is 3. The number of nitro benzene ring substituents is 1. The molecule has 1 aromatic carbocycles. The Morgan fingerprint density at radius 3 is 2.17 bits per heavy atom. The van der Waals surface area contributed by atoms with E-state index < -0.39 is 4.92 Å². The van der Waals surface area contributed by atoms with Gasteiger partial charge in [-0.1, -0.05) is 0 Å². The minimum absolute atomic E-state index is 0.0281. The van der Waals surface area contributed by atoms with Gasteiger partial charge in [0, 0.05) is 37.1 Å². The molecule has 0 atom stereocenters. The van der Waals surface area contributed by atoms with Crippen LogP contribution >= 0.6 is 0 Å². The summed E-state index contributed by atoms with van der Waals surface area (Å²) in [5.74, 6) is 2.61. The van der Waals surface area contributed by atoms with Crippen molar-refractivity contribution in [3.8, 4) is 0 Å². The number of nitrogens with two attached hydrogens (primary N) is 1. The Bertz CT molecular complexity index is 621. The van der Waals surface area contributed by atoms with Crippen molar-refractivity contribution in [1.29, 1.82) is 0 Å². The number of nitro groups is 1. The average Bonchev–Trinajstić information content (AvgIpc) is 2.52. The van der Waals surface area contributed by atoms with Crippen LogP contribution in [0.25, 0.3) is 0 Å². The number of non-ortho nitro benzene ring substituents is 1. The average molecular weight is 330 g/mol. The number of benzene rings is 1. The predicted molar refractivity (Wildman–Crippen MR) is 89.4 cm³/mol. The molecule has 0 spiro atoms. The molecular weight excluding hydrogens is 306 g/mol. The van der Waals surface area contributed by atoms with Crippen LogP contribution in [0.2, 0.25) is 0 Å². The van der Waals surface area contributed by atoms with E-state index in [2.05, 4.69) is 10.6 Å². The third-order valence-corrected chi connectivity index (χ3v) is 6.17. The van der Waals surface area contributed by atoms with Gasteiger partial charge in [0.25, 0.3) is 11.6 Å². The molecule has 4 aliphatic rings. The van der Waals surface area contributed by atoms with Crippen LogP contribution in [0.15, 0.2) is 24.3 Å². The predicted octanol–water partition coefficient (Wildman–Crippen LogP) is 2.07. The lowest BCUT2D eigenvalue weighted by molar-refractivity contribution is -0.729. The van der Waals surface area contributed by atoms with E-state index in [0.29, 0.717) is 17.8 Å². The highest BCUT2D eigenvalue weighted by molar-refractivity contribution is 5.91. The maximum atomic E-state index is 12.2. The molecule has 5 rings (SSSR count). The Labute approximate surface area is 141 Å². The third-order valence-electron chi connectivity index (χ3n) is 6.17. The van der Waals surface area contributed by atoms with Crippen molar-refractivity contribution < 1.29 is 15.0 Å². The number of amides is 1. The lowest BCUT2D eigenvalue weighted by Crippen LogP contribution is -3.00. The molecule has 0 aliphatic heterocycles. The fourth-order valence-corrected chi connectivity index (χ4v) is 5.62. The maximum Gasteiger partial charge on any atom is 0.279 e. The fourth-order valence-electron chi connectivity index (χ4n) is 5.62. The van der Waals surface area contributed by atoms with Gasteiger partial charge in [-0.15, -0.1) is 0 Å². The van der Waals surface area contributed by atoms with Gasteiger partial charge in [-0.25, -0.2) is 0 Å². The van der Waals surface area contributed by atoms with Crippen LogP contribution in [-0.2, 0) is 4.79 Å². The highest BCUT2D eigenvalue weighted by Gasteiger charge is 2.53. The van der Waals surface area contributed by atoms with Crippen molar-refractivity contribution in [2.24, 2.45) is 17.8 Å². The van der Waals surface area contributed by atoms with Crippen molar-refractivity contribution in [2.45, 2.75) is 44.1 Å². The van der Waals surface area contributed by atoms with Gasteiger partial charge in [-0.3, -0.25) is 14.9 Å². The molecule has 24 heavy (non-hydrogen) atoms. The topological polar surface area (TPSA) is 88.8 Å². The van der Waals surface area contributed by atoms with E-state index in [0.717, 1.165) is 17.8 Å². The molecule has 128 valence electrons. The summed E-state index contributed by atoms with van der Waals surface area (Å²) in [6.45, 7) is 0.434. The Kier molecular flexibility index (Phi) is 3.79. The first-order valence-electron chi connectivity index (χ1n) is 8.90. The van der Waals surface area contributed by atoms with Crippen LogP contribution < -0.4 is 10.6 Å². The van der Waals surface area contributed by atoms with Gasteiger partial charge in [0.1, 0.15) is 0 Å². The first kappa shape index (κ1) is 15.6. The molecule has 0 unspecified atom stereocenters. The van der Waals surface area contributed by atoms with Crippen molar-refractivity contribution in [2.75, 3.05) is 11.9 Å². The summed E-state index contributed by atoms with van der Waals surface area (Å²) in [5.41, 5.74) is 0.944. The Hall–Kier alpha value is -1.95. The van der Waals surface area contributed by atoms with E-state index in [1.54, 1.807) is 12.1 Å². The van der Waals surface area contributed by atoms with Gasteiger partial charge in [-0.2, -0.15) is 0 Å². The summed E-state index contributed by atoms with van der Waals surface area (Å²) in [5, 5.41) is 15.8. The second-order valence-electron chi connectivity index (χ2n) is 8.04. The van der Waals surface area contributed by atoms with Crippen molar-refractivity contribution in [1.82, 2.24) is 0 Å². The van der Waals surface area contributed by atoms with E-state index in [1.165, 1.54) is 50.7 Å². The SMILES string of the molecule is O=C(C[NH2+]C12CC3CC(CC(C3)C1)C2)Nc1ccc([N+](=O)[O-])cc1. The summed E-state index contributed by atoms with van der Waals surface area (Å²) in [6, 6.07) is 6.00. The molecule has 6 nitrogen and oxygen atoms in total. The molecule has 0 saturated heterocycles. The number of rotatable bonds is 5. The van der Waals surface area contributed by atoms with E-state index in [9.17, 15) is 14.9 Å². The first-order chi connectivity index (χ1) is 11.5. The van der Waals surface area contributed by atoms with Crippen LogP contribution in [0.1, 0.15) is 38.5 Å². The maximum absolute atomic E-state index is 12.2. The van der Waals surface area contributed by atoms with Gasteiger partial charge in [0.15, 0.2) is 6.54 Å². The number of carbonyl (C=O) groups excluding carboxylic acids is 1. The molecular formula is C18H24N3O3+. The molecule has 0 radical (unpaired) electrons. The van der Waals surface area contributed by atoms with Crippen LogP contribution in [0, 0.1) is 27.9 Å². The molecule has 3 N–H and O–H groups in total. The van der Waals surface area contributed by atoms with E-state index in [4.69, 9.17) is 0 Å². The van der Waals surface area contributed by atoms with Crippen LogP contribution in [0.3, 0.4) is 0 Å². The first-order valence-corrected chi connectivity index (χ1v) is 8.90. The van der Waals surface area contributed by atoms with Gasteiger partial charge < -0.3 is 10.6 Å². The second-order valence-corrected chi connectivity index (χ2v) is 8.04. The van der Waals surface area contributed by atoms with E-state index in [-0.39, 0.29) is 11.6 Å². The van der Waals surface area contributed by atoms with Crippen LogP contribution in [-0.4, -0.2) is 22.9 Å². The zero-order valence-electron chi connectivity index (χ0n) is 13.7. The molecule has 4 aliphatic carbocycles. The molecule has 1 aromatic rings. The lowest BCUT2D eigenvalue weighted by Gasteiger charge is -2.54. The van der Waals surface area contributed by atoms with Crippen LogP contribution in [0.5, 0.6) is 0 Å². The smallest absolute Gasteiger partial charge is 0.279 e. The molecule has 4 bridgehead atoms. The summed E-state index contributed by atoms with van der Waals surface area (Å²) in [6.07, 6.45) is 8.02. The van der Waals surface area contributed by atoms with E-state index >= 15 is 0 Å². The number of hydrogen-bond donors (Lipinski definition) is 2. The minimum Gasteiger partial charge on any atom is -0.334 e. The number of carbonyl (C=O) groups is 1. The Morgan fingerprint density at radius 1 is 1.12 bits per heavy atom. The van der Waals surface area contributed by atoms with Crippen molar-refractivity contribution in [3.05, 3.63) is 34.4 Å². The lowest BCUT2D eigenvalue weighted by atomic mass is 9.53. The Balaban J connectivity index is 1.33. The molecule has 4 saturated carbocycles. The van der Waals surface area contributed by atoms with Gasteiger partial charge >= 0.3 is 0 Å². The minimum atomic E-state index is -0.438. The summed E-state index contributed by atoms with van der Waals surface area (Å²) >= 11 is 0. The standard InChI is InChI=1S/C18H23N3O3/c22-17(20-15-1-3-16(4-2-15)21(23)24)11-19-18-8-12-5-13(9-18)7-14(6-12)10-18/h1-4,12-14,19H,5-11H2,(H,20,22)/p+1. The molecule has 1 amide bonds. The summed E-state index contributed by atoms with van der Waals surface area (Å²) in [7, 11) is 0. The molecule has 0 aromatic heterocycles. The van der Waals surface area contributed by atoms with Gasteiger partial charge in [-0.05, 0) is 49.1 Å². The highest BCUT2D eigenvalue weighted by atomic mass is 16.6. The monoisotopic (exact) mass is 330 g/mol. The van der Waals surface area contributed by atoms with Gasteiger partial charge in [0.05, 0.1) is 10.5 Å². The zero-order valence-corrected chi connectivity index (χ0v) is 13.7. The molecule has 6 heteroatoms. The molecule has 4 fully saturated rings. The summed E-state index contributed by atoms with van der Waals surface area (Å²) in [4.78, 5) is 22.5. The quantitative estimate of drug-likeness (QED) is 0.640. The normalized spacial score (nSPS) is 33.4. The highest BCUT2D eigenvalue weighted by Crippen LogP contribution is 2.54. The second kappa shape index (κ2) is 5.84. The number of quaternary nitrogens is 1. The van der Waals surface area contributed by atoms with Crippen molar-refractivity contribution >= 4 is 17.3 Å². The van der Waals surface area contributed by atoms with Crippen molar-refractivity contribution in [3.63, 3.8) is 0 Å².